The zero-order valence-electron chi connectivity index (χ0n) is 81.3. The van der Waals surface area contributed by atoms with E-state index in [1.54, 1.807) is 60.7 Å². The van der Waals surface area contributed by atoms with E-state index in [0.29, 0.717) is 36.8 Å². The average molecular weight is 1920 g/mol. The molecule has 142 heavy (non-hydrogen) atoms. The monoisotopic (exact) mass is 1920 g/mol. The van der Waals surface area contributed by atoms with E-state index in [2.05, 4.69) is 91.7 Å². The predicted molar refractivity (Wildman–Crippen MR) is 545 cm³/mol. The summed E-state index contributed by atoms with van der Waals surface area (Å²) in [6, 6.07) is 76.5. The molecule has 0 aliphatic heterocycles. The van der Waals surface area contributed by atoms with E-state index in [1.807, 2.05) is 248 Å². The fourth-order valence-electron chi connectivity index (χ4n) is 18.2. The standard InChI is InChI=1S/C60H70N8O8.C52H57N7O7/c1-5-22-49(55(57(72)61-36-51(70)64-52(39(4)69)40-23-10-6-11-24-40)67-68-59(74)65-53(41-25-12-7-13-26-41)42-27-14-8-15-28-42)62-56(71)50(35-38(2)3)63-58(73)54(43-29-16-9-17-30-43)66-60(75)76-37-48-46-33-20-18-31-44(46)45-32-19-21-34-47(45)48;1-5-19-43(54-49(62)44(30-33(2)3)55-52(65)66-32-42-40-28-17-15-26-38(40)39-27-16-18-29-41(39)42)48(50(63)53-31-45(61)56-46(34(4)60)35-20-9-6-10-21-35)58-59-51(64)57-47(36-22-11-7-12-23-36)37-24-13-8-14-25-37/h6-8,10-15,18-21,23-28,31-34,38,43,48-50,52-54H,5,9,16-17,22,29-30,35-37H2,1-4H3,(H,61,72)(H,62,71)(H,63,73)(H,64,70)(H,66,75)(H2,65,68,74);6-18,20-29,33,42-44,46-47H,5,19,30-32H2,1-4H3,(H,53,63)(H,54,62)(H,55,65)(H,56,61)(H2,57,59,64)/t49-,50-,52+,54-;43-,44-,46+/m00/s1. The first-order valence-electron chi connectivity index (χ1n) is 48.6. The van der Waals surface area contributed by atoms with Gasteiger partial charge in [-0.05, 0) is 148 Å². The topological polar surface area (TPSA) is 421 Å². The molecule has 0 spiro atoms. The molecule has 0 unspecified atom stereocenters. The SMILES string of the molecule is CCC[C@H](NC(=O)[C@H](CC(C)C)NC(=O)OCC1c2ccccc2-c2ccccc21)C(=NNC(=O)NC(c1ccccc1)c1ccccc1)C(=O)NCC(=O)N[C@H](C(C)=O)c1ccccc1.CCC[C@H](NC(=O)[C@H](CC(C)C)NC(=O)[C@@H](NC(=O)OCC1c2ccccc2-c2ccccc21)C1CCCCC1)C(=NNC(=O)NC(c1ccccc1)c1ccccc1)C(=O)NCC(=O)N[C@H](C(C)=O)c1ccccc1. The van der Waals surface area contributed by atoms with Crippen LogP contribution in [0.5, 0.6) is 0 Å². The molecule has 13 N–H and O–H groups in total. The number of hydrogen-bond acceptors (Lipinski definition) is 17. The zero-order valence-corrected chi connectivity index (χ0v) is 81.3. The van der Waals surface area contributed by atoms with Crippen molar-refractivity contribution in [3.05, 3.63) is 335 Å². The van der Waals surface area contributed by atoms with Crippen LogP contribution in [-0.4, -0.2) is 145 Å². The summed E-state index contributed by atoms with van der Waals surface area (Å²) >= 11 is 0. The Morgan fingerprint density at radius 3 is 0.944 bits per heavy atom. The van der Waals surface area contributed by atoms with Gasteiger partial charge in [0.05, 0.1) is 37.3 Å². The molecule has 10 aromatic carbocycles. The number of benzene rings is 10. The van der Waals surface area contributed by atoms with Crippen molar-refractivity contribution in [2.45, 2.75) is 192 Å². The minimum atomic E-state index is -1.14. The number of amides is 13. The van der Waals surface area contributed by atoms with Crippen molar-refractivity contribution in [3.8, 4) is 22.3 Å². The summed E-state index contributed by atoms with van der Waals surface area (Å²) in [5, 5.41) is 39.3. The highest BCUT2D eigenvalue weighted by Crippen LogP contribution is 2.46. The maximum atomic E-state index is 14.7. The predicted octanol–water partition coefficient (Wildman–Crippen LogP) is 15.5. The lowest BCUT2D eigenvalue weighted by Gasteiger charge is -2.32. The summed E-state index contributed by atoms with van der Waals surface area (Å²) < 4.78 is 11.7. The van der Waals surface area contributed by atoms with Crippen LogP contribution >= 0.6 is 0 Å². The summed E-state index contributed by atoms with van der Waals surface area (Å²) in [5.74, 6) is -6.25. The van der Waals surface area contributed by atoms with Crippen LogP contribution in [0.3, 0.4) is 0 Å². The Balaban J connectivity index is 0.000000256. The lowest BCUT2D eigenvalue weighted by atomic mass is 9.83. The van der Waals surface area contributed by atoms with Gasteiger partial charge in [0.2, 0.25) is 29.5 Å². The van der Waals surface area contributed by atoms with Crippen molar-refractivity contribution in [2.24, 2.45) is 28.0 Å². The molecule has 0 aromatic heterocycles. The molecule has 10 aromatic rings. The number of Topliss-reactive ketones (excluding diaryl/α,β-unsaturated/α-hetero) is 2. The molecule has 1 saturated carbocycles. The number of rotatable bonds is 43. The van der Waals surface area contributed by atoms with Crippen LogP contribution in [0.2, 0.25) is 0 Å². The van der Waals surface area contributed by atoms with E-state index in [9.17, 15) is 62.3 Å². The molecule has 0 bridgehead atoms. The molecule has 30 heteroatoms. The number of nitrogens with zero attached hydrogens (tertiary/aromatic N) is 2. The van der Waals surface area contributed by atoms with Gasteiger partial charge < -0.3 is 68.0 Å². The second-order valence-corrected chi connectivity index (χ2v) is 36.5. The van der Waals surface area contributed by atoms with Crippen LogP contribution in [0, 0.1) is 17.8 Å². The smallest absolute Gasteiger partial charge is 0.407 e. The Labute approximate surface area is 828 Å². The molecule has 740 valence electrons. The number of carbonyl (C=O) groups excluding carboxylic acids is 13. The first-order chi connectivity index (χ1) is 68.7. The Kier molecular flexibility index (Phi) is 39.1. The van der Waals surface area contributed by atoms with Gasteiger partial charge in [0.25, 0.3) is 11.8 Å². The third-order valence-electron chi connectivity index (χ3n) is 25.1. The molecule has 0 radical (unpaired) electrons. The van der Waals surface area contributed by atoms with Crippen LogP contribution in [0.4, 0.5) is 19.2 Å². The molecule has 3 aliphatic rings. The van der Waals surface area contributed by atoms with Gasteiger partial charge in [0.1, 0.15) is 54.8 Å². The first-order valence-corrected chi connectivity index (χ1v) is 48.6. The second-order valence-electron chi connectivity index (χ2n) is 36.5. The minimum Gasteiger partial charge on any atom is -0.449 e. The summed E-state index contributed by atoms with van der Waals surface area (Å²) in [4.78, 5) is 178. The summed E-state index contributed by atoms with van der Waals surface area (Å²) in [5.41, 5.74) is 17.1. The molecular weight excluding hydrogens is 1800 g/mol. The van der Waals surface area contributed by atoms with Crippen LogP contribution in [0.25, 0.3) is 22.3 Å². The van der Waals surface area contributed by atoms with Crippen molar-refractivity contribution in [2.75, 3.05) is 26.3 Å². The van der Waals surface area contributed by atoms with E-state index in [-0.39, 0.29) is 91.5 Å². The Bertz CT molecular complexity index is 5880. The molecule has 3 aliphatic carbocycles. The number of nitrogens with one attached hydrogen (secondary N) is 13. The molecule has 13 amide bonds. The third-order valence-corrected chi connectivity index (χ3v) is 25.1. The number of alkyl carbamates (subject to hydrolysis) is 2. The molecule has 0 saturated heterocycles. The quantitative estimate of drug-likeness (QED) is 0.0125. The largest absolute Gasteiger partial charge is 0.449 e. The van der Waals surface area contributed by atoms with E-state index >= 15 is 0 Å². The van der Waals surface area contributed by atoms with Gasteiger partial charge in [-0.15, -0.1) is 0 Å². The molecule has 7 atom stereocenters. The highest BCUT2D eigenvalue weighted by Gasteiger charge is 2.39. The molecule has 30 nitrogen and oxygen atoms in total. The fourth-order valence-corrected chi connectivity index (χ4v) is 18.2. The second kappa shape index (κ2) is 52.9. The van der Waals surface area contributed by atoms with Crippen molar-refractivity contribution < 1.29 is 71.8 Å². The van der Waals surface area contributed by atoms with Gasteiger partial charge in [-0.3, -0.25) is 43.2 Å². The molecule has 0 heterocycles. The summed E-state index contributed by atoms with van der Waals surface area (Å²) in [7, 11) is 0. The third kappa shape index (κ3) is 29.7. The molecule has 1 fully saturated rings. The maximum Gasteiger partial charge on any atom is 0.407 e. The first kappa shape index (κ1) is 105. The normalized spacial score (nSPS) is 14.2. The number of hydrogen-bond donors (Lipinski definition) is 13. The van der Waals surface area contributed by atoms with Crippen molar-refractivity contribution in [3.63, 3.8) is 0 Å². The van der Waals surface area contributed by atoms with Crippen molar-refractivity contribution >= 4 is 88.6 Å². The average Bonchev–Trinajstić information content (AvgIpc) is 1.62. The van der Waals surface area contributed by atoms with Crippen LogP contribution < -0.4 is 69.3 Å². The van der Waals surface area contributed by atoms with Gasteiger partial charge in [0, 0.05) is 11.8 Å². The number of hydrazone groups is 2. The van der Waals surface area contributed by atoms with Gasteiger partial charge in [-0.25, -0.2) is 30.0 Å². The number of ketones is 2. The molecule has 13 rings (SSSR count). The zero-order chi connectivity index (χ0) is 101. The van der Waals surface area contributed by atoms with E-state index in [1.165, 1.54) is 13.8 Å². The summed E-state index contributed by atoms with van der Waals surface area (Å²) in [6.07, 6.45) is 4.24. The van der Waals surface area contributed by atoms with Gasteiger partial charge in [-0.2, -0.15) is 10.2 Å². The molecular formula is C112H127N15O15. The minimum absolute atomic E-state index is 0.0422. The fraction of sp³-hybridized carbons (Fsp3) is 0.330. The number of urea groups is 2. The maximum absolute atomic E-state index is 14.7. The van der Waals surface area contributed by atoms with E-state index in [4.69, 9.17) is 9.47 Å². The Morgan fingerprint density at radius 2 is 0.627 bits per heavy atom. The van der Waals surface area contributed by atoms with Gasteiger partial charge in [-0.1, -0.05) is 353 Å². The number of ether oxygens (including phenoxy) is 2. The van der Waals surface area contributed by atoms with Crippen molar-refractivity contribution in [1.82, 2.24) is 69.3 Å². The lowest BCUT2D eigenvalue weighted by Crippen LogP contribution is -2.58. The highest BCUT2D eigenvalue weighted by atomic mass is 16.6. The van der Waals surface area contributed by atoms with E-state index in [0.717, 1.165) is 86.0 Å². The van der Waals surface area contributed by atoms with Crippen LogP contribution in [-0.2, 0) is 52.6 Å². The number of carbonyl (C=O) groups is 13. The van der Waals surface area contributed by atoms with E-state index < -0.39 is 133 Å². The van der Waals surface area contributed by atoms with Crippen LogP contribution in [0.1, 0.15) is 218 Å². The Morgan fingerprint density at radius 1 is 0.331 bits per heavy atom. The van der Waals surface area contributed by atoms with Gasteiger partial charge in [0.15, 0.2) is 11.6 Å². The Hall–Kier alpha value is -15.8. The lowest BCUT2D eigenvalue weighted by molar-refractivity contribution is -0.131. The van der Waals surface area contributed by atoms with Crippen LogP contribution in [0.15, 0.2) is 289 Å². The van der Waals surface area contributed by atoms with Gasteiger partial charge >= 0.3 is 24.2 Å². The van der Waals surface area contributed by atoms with Crippen molar-refractivity contribution in [1.29, 1.82) is 0 Å². The summed E-state index contributed by atoms with van der Waals surface area (Å²) in [6.45, 7) is 13.0. The number of fused-ring (bicyclic) bond motifs is 6. The highest BCUT2D eigenvalue weighted by molar-refractivity contribution is 6.42.